The predicted molar refractivity (Wildman–Crippen MR) is 50.0 cm³/mol. The van der Waals surface area contributed by atoms with E-state index in [2.05, 4.69) is 0 Å². The molecule has 0 rings (SSSR count). The van der Waals surface area contributed by atoms with Crippen molar-refractivity contribution in [3.63, 3.8) is 0 Å². The molecule has 0 saturated heterocycles. The number of rotatable bonds is 5. The summed E-state index contributed by atoms with van der Waals surface area (Å²) in [6, 6.07) is 0. The van der Waals surface area contributed by atoms with E-state index in [-0.39, 0.29) is 18.2 Å². The molecule has 0 radical (unpaired) electrons. The molecule has 0 unspecified atom stereocenters. The maximum absolute atomic E-state index is 11.2. The van der Waals surface area contributed by atoms with E-state index >= 15 is 0 Å². The Morgan fingerprint density at radius 3 is 2.15 bits per heavy atom. The quantitative estimate of drug-likeness (QED) is 0.593. The first-order chi connectivity index (χ1) is 5.93. The molecule has 0 spiro atoms. The van der Waals surface area contributed by atoms with Crippen LogP contribution in [0.25, 0.3) is 0 Å². The lowest BCUT2D eigenvalue weighted by Crippen LogP contribution is -2.35. The molecule has 2 N–H and O–H groups in total. The normalized spacial score (nSPS) is 10.2. The number of likely N-dealkylation sites (N-methyl/N-ethyl adjacent to an activating group) is 2. The van der Waals surface area contributed by atoms with Crippen LogP contribution < -0.4 is 5.73 Å². The summed E-state index contributed by atoms with van der Waals surface area (Å²) in [6.45, 7) is 0.842. The summed E-state index contributed by atoms with van der Waals surface area (Å²) in [7, 11) is 5.18. The summed E-state index contributed by atoms with van der Waals surface area (Å²) in [5, 5.41) is 0. The highest BCUT2D eigenvalue weighted by Crippen LogP contribution is 1.88. The molecule has 5 heteroatoms. The number of nitrogens with two attached hydrogens (primary N) is 1. The Kier molecular flexibility index (Phi) is 5.06. The molecular formula is C8H17N3O2. The highest BCUT2D eigenvalue weighted by atomic mass is 16.2. The first-order valence-corrected chi connectivity index (χ1v) is 4.10. The van der Waals surface area contributed by atoms with Crippen LogP contribution in [0.2, 0.25) is 0 Å². The lowest BCUT2D eigenvalue weighted by molar-refractivity contribution is -0.130. The van der Waals surface area contributed by atoms with E-state index in [4.69, 9.17) is 5.73 Å². The fraction of sp³-hybridized carbons (Fsp3) is 0.750. The van der Waals surface area contributed by atoms with E-state index in [1.165, 1.54) is 4.90 Å². The molecule has 0 aliphatic carbocycles. The number of primary amides is 1. The van der Waals surface area contributed by atoms with Crippen molar-refractivity contribution in [2.75, 3.05) is 34.2 Å². The van der Waals surface area contributed by atoms with Gasteiger partial charge in [0.2, 0.25) is 11.8 Å². The minimum Gasteiger partial charge on any atom is -0.370 e. The summed E-state index contributed by atoms with van der Waals surface area (Å²) in [6.07, 6.45) is 0.289. The van der Waals surface area contributed by atoms with E-state index in [1.54, 1.807) is 26.0 Å². The Morgan fingerprint density at radius 2 is 1.77 bits per heavy atom. The van der Waals surface area contributed by atoms with Crippen LogP contribution in [0.1, 0.15) is 6.42 Å². The summed E-state index contributed by atoms with van der Waals surface area (Å²) >= 11 is 0. The highest BCUT2D eigenvalue weighted by molar-refractivity contribution is 5.77. The van der Waals surface area contributed by atoms with E-state index in [0.717, 1.165) is 0 Å². The lowest BCUT2D eigenvalue weighted by atomic mass is 10.3. The average molecular weight is 187 g/mol. The van der Waals surface area contributed by atoms with Gasteiger partial charge in [0, 0.05) is 27.1 Å². The molecule has 0 heterocycles. The van der Waals surface area contributed by atoms with Gasteiger partial charge in [0.15, 0.2) is 0 Å². The second kappa shape index (κ2) is 5.53. The molecule has 0 bridgehead atoms. The highest BCUT2D eigenvalue weighted by Gasteiger charge is 2.08. The van der Waals surface area contributed by atoms with Crippen LogP contribution in [-0.4, -0.2) is 55.8 Å². The third kappa shape index (κ3) is 6.10. The van der Waals surface area contributed by atoms with Crippen molar-refractivity contribution in [1.29, 1.82) is 0 Å². The van der Waals surface area contributed by atoms with Crippen LogP contribution in [0, 0.1) is 0 Å². The topological polar surface area (TPSA) is 66.6 Å². The van der Waals surface area contributed by atoms with Crippen molar-refractivity contribution in [3.8, 4) is 0 Å². The zero-order valence-electron chi connectivity index (χ0n) is 8.41. The second-order valence-corrected chi connectivity index (χ2v) is 3.24. The zero-order valence-corrected chi connectivity index (χ0v) is 8.41. The van der Waals surface area contributed by atoms with Gasteiger partial charge in [-0.05, 0) is 7.05 Å². The Hall–Kier alpha value is -1.10. The average Bonchev–Trinajstić information content (AvgIpc) is 2.00. The molecule has 13 heavy (non-hydrogen) atoms. The zero-order chi connectivity index (χ0) is 10.4. The largest absolute Gasteiger partial charge is 0.370 e. The van der Waals surface area contributed by atoms with Crippen molar-refractivity contribution < 1.29 is 9.59 Å². The van der Waals surface area contributed by atoms with Gasteiger partial charge in [-0.15, -0.1) is 0 Å². The SMILES string of the molecule is CN(CCC(N)=O)CC(=O)N(C)C. The number of amides is 2. The van der Waals surface area contributed by atoms with Gasteiger partial charge in [-0.1, -0.05) is 0 Å². The summed E-state index contributed by atoms with van der Waals surface area (Å²) in [5.74, 6) is -0.323. The van der Waals surface area contributed by atoms with Crippen molar-refractivity contribution in [3.05, 3.63) is 0 Å². The van der Waals surface area contributed by atoms with Gasteiger partial charge in [-0.25, -0.2) is 0 Å². The number of nitrogens with zero attached hydrogens (tertiary/aromatic N) is 2. The second-order valence-electron chi connectivity index (χ2n) is 3.24. The van der Waals surface area contributed by atoms with E-state index in [0.29, 0.717) is 13.1 Å². The standard InChI is InChI=1S/C8H17N3O2/c1-10(2)8(13)6-11(3)5-4-7(9)12/h4-6H2,1-3H3,(H2,9,12). The maximum Gasteiger partial charge on any atom is 0.236 e. The van der Waals surface area contributed by atoms with Gasteiger partial charge >= 0.3 is 0 Å². The summed E-state index contributed by atoms with van der Waals surface area (Å²) < 4.78 is 0. The Labute approximate surface area is 78.5 Å². The van der Waals surface area contributed by atoms with Gasteiger partial charge in [-0.2, -0.15) is 0 Å². The predicted octanol–water partition coefficient (Wildman–Crippen LogP) is -1.12. The smallest absolute Gasteiger partial charge is 0.236 e. The molecule has 0 aliphatic heterocycles. The van der Waals surface area contributed by atoms with Gasteiger partial charge in [0.05, 0.1) is 6.54 Å². The van der Waals surface area contributed by atoms with Gasteiger partial charge in [0.1, 0.15) is 0 Å². The number of hydrogen-bond acceptors (Lipinski definition) is 3. The molecule has 2 amide bonds. The maximum atomic E-state index is 11.2. The molecule has 0 fully saturated rings. The first-order valence-electron chi connectivity index (χ1n) is 4.10. The Morgan fingerprint density at radius 1 is 1.23 bits per heavy atom. The van der Waals surface area contributed by atoms with Crippen molar-refractivity contribution in [1.82, 2.24) is 9.80 Å². The van der Waals surface area contributed by atoms with Gasteiger partial charge < -0.3 is 10.6 Å². The number of carbonyl (C=O) groups excluding carboxylic acids is 2. The molecule has 76 valence electrons. The minimum atomic E-state index is -0.343. The molecule has 5 nitrogen and oxygen atoms in total. The third-order valence-electron chi connectivity index (χ3n) is 1.64. The molecular weight excluding hydrogens is 170 g/mol. The lowest BCUT2D eigenvalue weighted by Gasteiger charge is -2.17. The molecule has 0 saturated carbocycles. The van der Waals surface area contributed by atoms with Crippen LogP contribution in [0.4, 0.5) is 0 Å². The number of carbonyl (C=O) groups is 2. The van der Waals surface area contributed by atoms with E-state index in [1.807, 2.05) is 0 Å². The van der Waals surface area contributed by atoms with E-state index < -0.39 is 0 Å². The van der Waals surface area contributed by atoms with Gasteiger partial charge in [0.25, 0.3) is 0 Å². The van der Waals surface area contributed by atoms with Crippen molar-refractivity contribution >= 4 is 11.8 Å². The molecule has 0 atom stereocenters. The molecule has 0 aromatic carbocycles. The van der Waals surface area contributed by atoms with Crippen molar-refractivity contribution in [2.45, 2.75) is 6.42 Å². The molecule has 0 aromatic heterocycles. The first kappa shape index (κ1) is 11.9. The third-order valence-corrected chi connectivity index (χ3v) is 1.64. The monoisotopic (exact) mass is 187 g/mol. The summed E-state index contributed by atoms with van der Waals surface area (Å²) in [4.78, 5) is 24.9. The minimum absolute atomic E-state index is 0.0203. The molecule has 0 aliphatic rings. The van der Waals surface area contributed by atoms with E-state index in [9.17, 15) is 9.59 Å². The van der Waals surface area contributed by atoms with Crippen LogP contribution in [0.5, 0.6) is 0 Å². The van der Waals surface area contributed by atoms with Crippen molar-refractivity contribution in [2.24, 2.45) is 5.73 Å². The van der Waals surface area contributed by atoms with Crippen LogP contribution >= 0.6 is 0 Å². The van der Waals surface area contributed by atoms with Crippen LogP contribution in [0.3, 0.4) is 0 Å². The van der Waals surface area contributed by atoms with Crippen LogP contribution in [-0.2, 0) is 9.59 Å². The summed E-state index contributed by atoms with van der Waals surface area (Å²) in [5.41, 5.74) is 4.97. The Bertz CT molecular complexity index is 192. The van der Waals surface area contributed by atoms with Crippen LogP contribution in [0.15, 0.2) is 0 Å². The molecule has 0 aromatic rings. The number of hydrogen-bond donors (Lipinski definition) is 1. The fourth-order valence-corrected chi connectivity index (χ4v) is 0.752. The fourth-order valence-electron chi connectivity index (χ4n) is 0.752. The Balaban J connectivity index is 3.68. The van der Waals surface area contributed by atoms with Gasteiger partial charge in [-0.3, -0.25) is 14.5 Å².